The summed E-state index contributed by atoms with van der Waals surface area (Å²) in [5.74, 6) is 1.14. The summed E-state index contributed by atoms with van der Waals surface area (Å²) in [4.78, 5) is 0. The van der Waals surface area contributed by atoms with Crippen LogP contribution < -0.4 is 14.8 Å². The summed E-state index contributed by atoms with van der Waals surface area (Å²) < 4.78 is 24.3. The predicted octanol–water partition coefficient (Wildman–Crippen LogP) is 4.96. The van der Waals surface area contributed by atoms with E-state index in [1.807, 2.05) is 13.0 Å². The molecule has 0 fully saturated rings. The Hall–Kier alpha value is -1.78. The fourth-order valence-electron chi connectivity index (χ4n) is 2.25. The molecule has 0 amide bonds. The van der Waals surface area contributed by atoms with Crippen molar-refractivity contribution in [3.8, 4) is 11.5 Å². The molecule has 130 valence electrons. The van der Waals surface area contributed by atoms with Gasteiger partial charge in [0.15, 0.2) is 11.5 Å². The second-order valence-corrected chi connectivity index (χ2v) is 5.81. The van der Waals surface area contributed by atoms with Crippen molar-refractivity contribution in [1.29, 1.82) is 0 Å². The van der Waals surface area contributed by atoms with Crippen LogP contribution in [0.3, 0.4) is 0 Å². The van der Waals surface area contributed by atoms with Gasteiger partial charge >= 0.3 is 0 Å². The fourth-order valence-corrected chi connectivity index (χ4v) is 2.47. The topological polar surface area (TPSA) is 30.5 Å². The van der Waals surface area contributed by atoms with Crippen LogP contribution in [0.2, 0.25) is 5.02 Å². The number of ether oxygens (including phenoxy) is 2. The third kappa shape index (κ3) is 5.39. The van der Waals surface area contributed by atoms with Crippen LogP contribution in [0.1, 0.15) is 31.4 Å². The molecule has 0 radical (unpaired) electrons. The molecule has 0 aromatic heterocycles. The van der Waals surface area contributed by atoms with Gasteiger partial charge in [-0.3, -0.25) is 0 Å². The van der Waals surface area contributed by atoms with E-state index in [1.54, 1.807) is 18.2 Å². The third-order valence-corrected chi connectivity index (χ3v) is 3.78. The van der Waals surface area contributed by atoms with E-state index >= 15 is 0 Å². The maximum atomic E-state index is 12.9. The van der Waals surface area contributed by atoms with Crippen LogP contribution in [0.4, 0.5) is 4.39 Å². The second kappa shape index (κ2) is 9.50. The Morgan fingerprint density at radius 1 is 1.00 bits per heavy atom. The van der Waals surface area contributed by atoms with Gasteiger partial charge in [-0.05, 0) is 42.7 Å². The van der Waals surface area contributed by atoms with Crippen LogP contribution in [-0.4, -0.2) is 13.2 Å². The lowest BCUT2D eigenvalue weighted by molar-refractivity contribution is 0.276. The molecule has 2 aromatic rings. The molecule has 2 rings (SSSR count). The molecule has 3 nitrogen and oxygen atoms in total. The van der Waals surface area contributed by atoms with Crippen LogP contribution in [0.5, 0.6) is 11.5 Å². The van der Waals surface area contributed by atoms with Crippen molar-refractivity contribution in [3.05, 3.63) is 58.4 Å². The summed E-state index contributed by atoms with van der Waals surface area (Å²) in [6, 6.07) is 10.1. The zero-order valence-corrected chi connectivity index (χ0v) is 14.8. The number of halogens is 2. The minimum Gasteiger partial charge on any atom is -0.490 e. The molecule has 0 atom stereocenters. The summed E-state index contributed by atoms with van der Waals surface area (Å²) in [6.07, 6.45) is 0.921. The van der Waals surface area contributed by atoms with Crippen molar-refractivity contribution in [2.75, 3.05) is 13.2 Å². The SMILES string of the molecule is CCCOc1cc(Cl)c(CNCc2ccc(F)cc2)cc1OCC. The highest BCUT2D eigenvalue weighted by Crippen LogP contribution is 2.33. The van der Waals surface area contributed by atoms with Gasteiger partial charge < -0.3 is 14.8 Å². The molecule has 2 aromatic carbocycles. The van der Waals surface area contributed by atoms with Gasteiger partial charge in [0.25, 0.3) is 0 Å². The first-order valence-electron chi connectivity index (χ1n) is 8.17. The highest BCUT2D eigenvalue weighted by atomic mass is 35.5. The first-order valence-corrected chi connectivity index (χ1v) is 8.55. The van der Waals surface area contributed by atoms with E-state index in [-0.39, 0.29) is 5.82 Å². The van der Waals surface area contributed by atoms with Crippen LogP contribution in [-0.2, 0) is 13.1 Å². The van der Waals surface area contributed by atoms with Crippen LogP contribution in [0.25, 0.3) is 0 Å². The van der Waals surface area contributed by atoms with Gasteiger partial charge in [0, 0.05) is 24.2 Å². The van der Waals surface area contributed by atoms with Crippen molar-refractivity contribution in [3.63, 3.8) is 0 Å². The zero-order chi connectivity index (χ0) is 17.4. The molecule has 0 aliphatic heterocycles. The van der Waals surface area contributed by atoms with E-state index in [0.717, 1.165) is 17.5 Å². The van der Waals surface area contributed by atoms with E-state index in [0.29, 0.717) is 42.8 Å². The third-order valence-electron chi connectivity index (χ3n) is 3.43. The van der Waals surface area contributed by atoms with Crippen molar-refractivity contribution < 1.29 is 13.9 Å². The molecule has 0 heterocycles. The van der Waals surface area contributed by atoms with Gasteiger partial charge in [-0.2, -0.15) is 0 Å². The molecule has 0 saturated heterocycles. The molecule has 0 bridgehead atoms. The Kier molecular flexibility index (Phi) is 7.35. The highest BCUT2D eigenvalue weighted by molar-refractivity contribution is 6.31. The van der Waals surface area contributed by atoms with Gasteiger partial charge in [-0.1, -0.05) is 30.7 Å². The molecule has 24 heavy (non-hydrogen) atoms. The van der Waals surface area contributed by atoms with Crippen molar-refractivity contribution >= 4 is 11.6 Å². The number of rotatable bonds is 9. The van der Waals surface area contributed by atoms with Crippen molar-refractivity contribution in [1.82, 2.24) is 5.32 Å². The van der Waals surface area contributed by atoms with Crippen LogP contribution >= 0.6 is 11.6 Å². The van der Waals surface area contributed by atoms with E-state index in [2.05, 4.69) is 12.2 Å². The average molecular weight is 352 g/mol. The Labute approximate surface area is 147 Å². The summed E-state index contributed by atoms with van der Waals surface area (Å²) in [5.41, 5.74) is 1.95. The fraction of sp³-hybridized carbons (Fsp3) is 0.368. The molecular formula is C19H23ClFNO2. The lowest BCUT2D eigenvalue weighted by atomic mass is 10.1. The Bertz CT molecular complexity index is 647. The first kappa shape index (κ1) is 18.6. The zero-order valence-electron chi connectivity index (χ0n) is 14.1. The number of hydrogen-bond acceptors (Lipinski definition) is 3. The molecule has 0 spiro atoms. The molecule has 0 aliphatic carbocycles. The summed E-state index contributed by atoms with van der Waals surface area (Å²) in [7, 11) is 0. The van der Waals surface area contributed by atoms with Crippen molar-refractivity contribution in [2.24, 2.45) is 0 Å². The number of hydrogen-bond donors (Lipinski definition) is 1. The maximum Gasteiger partial charge on any atom is 0.162 e. The summed E-state index contributed by atoms with van der Waals surface area (Å²) in [6.45, 7) is 6.39. The van der Waals surface area contributed by atoms with Crippen molar-refractivity contribution in [2.45, 2.75) is 33.4 Å². The normalized spacial score (nSPS) is 10.7. The van der Waals surface area contributed by atoms with E-state index in [1.165, 1.54) is 12.1 Å². The van der Waals surface area contributed by atoms with Gasteiger partial charge in [0.2, 0.25) is 0 Å². The predicted molar refractivity (Wildman–Crippen MR) is 95.4 cm³/mol. The maximum absolute atomic E-state index is 12.9. The largest absolute Gasteiger partial charge is 0.490 e. The molecular weight excluding hydrogens is 329 g/mol. The molecule has 0 aliphatic rings. The first-order chi connectivity index (χ1) is 11.6. The second-order valence-electron chi connectivity index (χ2n) is 5.40. The summed E-state index contributed by atoms with van der Waals surface area (Å²) in [5, 5.41) is 3.94. The van der Waals surface area contributed by atoms with E-state index < -0.39 is 0 Å². The van der Waals surface area contributed by atoms with Gasteiger partial charge in [-0.15, -0.1) is 0 Å². The van der Waals surface area contributed by atoms with Crippen LogP contribution in [0.15, 0.2) is 36.4 Å². The minimum atomic E-state index is -0.231. The Balaban J connectivity index is 2.03. The molecule has 5 heteroatoms. The van der Waals surface area contributed by atoms with E-state index in [4.69, 9.17) is 21.1 Å². The number of nitrogens with one attached hydrogen (secondary N) is 1. The van der Waals surface area contributed by atoms with Gasteiger partial charge in [0.1, 0.15) is 5.82 Å². The minimum absolute atomic E-state index is 0.231. The molecule has 1 N–H and O–H groups in total. The monoisotopic (exact) mass is 351 g/mol. The highest BCUT2D eigenvalue weighted by Gasteiger charge is 2.11. The summed E-state index contributed by atoms with van der Waals surface area (Å²) >= 11 is 6.36. The molecule has 0 unspecified atom stereocenters. The molecule has 0 saturated carbocycles. The lowest BCUT2D eigenvalue weighted by Crippen LogP contribution is -2.13. The average Bonchev–Trinajstić information content (AvgIpc) is 2.58. The Morgan fingerprint density at radius 3 is 2.38 bits per heavy atom. The number of benzene rings is 2. The van der Waals surface area contributed by atoms with Gasteiger partial charge in [0.05, 0.1) is 13.2 Å². The van der Waals surface area contributed by atoms with Crippen LogP contribution in [0, 0.1) is 5.82 Å². The quantitative estimate of drug-likeness (QED) is 0.693. The standard InChI is InChI=1S/C19H23ClFNO2/c1-3-9-24-19-11-17(20)15(10-18(19)23-4-2)13-22-12-14-5-7-16(21)8-6-14/h5-8,10-11,22H,3-4,9,12-13H2,1-2H3. The Morgan fingerprint density at radius 2 is 1.71 bits per heavy atom. The van der Waals surface area contributed by atoms with Gasteiger partial charge in [-0.25, -0.2) is 4.39 Å². The lowest BCUT2D eigenvalue weighted by Gasteiger charge is -2.15. The van der Waals surface area contributed by atoms with E-state index in [9.17, 15) is 4.39 Å². The smallest absolute Gasteiger partial charge is 0.162 e.